The Morgan fingerprint density at radius 3 is 2.93 bits per heavy atom. The highest BCUT2D eigenvalue weighted by atomic mass is 15.1. The maximum absolute atomic E-state index is 4.48. The molecule has 1 aliphatic rings. The van der Waals surface area contributed by atoms with E-state index in [-0.39, 0.29) is 0 Å². The fourth-order valence-corrected chi connectivity index (χ4v) is 3.76. The molecule has 0 spiro atoms. The van der Waals surface area contributed by atoms with Gasteiger partial charge in [-0.1, -0.05) is 6.07 Å². The maximum Gasteiger partial charge on any atom is 0.134 e. The van der Waals surface area contributed by atoms with Crippen LogP contribution in [0.25, 0.3) is 0 Å². The van der Waals surface area contributed by atoms with Crippen LogP contribution in [0.2, 0.25) is 0 Å². The summed E-state index contributed by atoms with van der Waals surface area (Å²) in [6.45, 7) is 5.16. The summed E-state index contributed by atoms with van der Waals surface area (Å²) in [4.78, 5) is 15.9. The first kappa shape index (κ1) is 17.7. The number of hydrogen-bond acceptors (Lipinski definition) is 5. The predicted octanol–water partition coefficient (Wildman–Crippen LogP) is 3.64. The zero-order valence-electron chi connectivity index (χ0n) is 16.0. The second-order valence-corrected chi connectivity index (χ2v) is 7.37. The van der Waals surface area contributed by atoms with Crippen LogP contribution in [0.5, 0.6) is 0 Å². The summed E-state index contributed by atoms with van der Waals surface area (Å²) in [5.41, 5.74) is 3.59. The van der Waals surface area contributed by atoms with E-state index in [0.29, 0.717) is 5.92 Å². The van der Waals surface area contributed by atoms with Crippen molar-refractivity contribution in [3.05, 3.63) is 66.0 Å². The zero-order valence-corrected chi connectivity index (χ0v) is 16.0. The van der Waals surface area contributed by atoms with Gasteiger partial charge in [0.25, 0.3) is 0 Å². The largest absolute Gasteiger partial charge is 0.340 e. The molecule has 6 heteroatoms. The molecular formula is C21H26N6. The summed E-state index contributed by atoms with van der Waals surface area (Å²) >= 11 is 0. The van der Waals surface area contributed by atoms with Gasteiger partial charge < -0.3 is 9.88 Å². The summed E-state index contributed by atoms with van der Waals surface area (Å²) in [5, 5.41) is 3.36. The van der Waals surface area contributed by atoms with Gasteiger partial charge in [0.15, 0.2) is 0 Å². The predicted molar refractivity (Wildman–Crippen MR) is 107 cm³/mol. The lowest BCUT2D eigenvalue weighted by Crippen LogP contribution is -2.34. The number of nitrogens with one attached hydrogen (secondary N) is 1. The number of pyridine rings is 2. The van der Waals surface area contributed by atoms with Gasteiger partial charge in [-0.2, -0.15) is 0 Å². The van der Waals surface area contributed by atoms with Gasteiger partial charge in [-0.05, 0) is 61.6 Å². The first-order valence-corrected chi connectivity index (χ1v) is 9.51. The van der Waals surface area contributed by atoms with Crippen molar-refractivity contribution >= 4 is 11.6 Å². The Bertz CT molecular complexity index is 903. The molecule has 1 fully saturated rings. The summed E-state index contributed by atoms with van der Waals surface area (Å²) in [7, 11) is 2.02. The van der Waals surface area contributed by atoms with E-state index in [2.05, 4.69) is 56.5 Å². The number of aryl methyl sites for hydroxylation is 2. The smallest absolute Gasteiger partial charge is 0.134 e. The van der Waals surface area contributed by atoms with Crippen molar-refractivity contribution in [2.24, 2.45) is 7.05 Å². The maximum atomic E-state index is 4.48. The number of rotatable bonds is 5. The molecule has 27 heavy (non-hydrogen) atoms. The number of hydrogen-bond donors (Lipinski definition) is 1. The second-order valence-electron chi connectivity index (χ2n) is 7.37. The third-order valence-corrected chi connectivity index (χ3v) is 5.16. The molecule has 0 bridgehead atoms. The normalized spacial score (nSPS) is 17.8. The lowest BCUT2D eigenvalue weighted by Gasteiger charge is -2.32. The van der Waals surface area contributed by atoms with Gasteiger partial charge in [-0.15, -0.1) is 0 Å². The van der Waals surface area contributed by atoms with Gasteiger partial charge in [0, 0.05) is 38.7 Å². The van der Waals surface area contributed by atoms with Crippen LogP contribution in [0.3, 0.4) is 0 Å². The number of imidazole rings is 1. The molecule has 0 aliphatic carbocycles. The van der Waals surface area contributed by atoms with E-state index in [1.807, 2.05) is 30.2 Å². The molecule has 0 aromatic carbocycles. The van der Waals surface area contributed by atoms with Crippen LogP contribution < -0.4 is 5.32 Å². The Hall–Kier alpha value is -2.73. The van der Waals surface area contributed by atoms with Crippen LogP contribution in [-0.4, -0.2) is 37.5 Å². The van der Waals surface area contributed by atoms with Crippen LogP contribution in [0.4, 0.5) is 11.6 Å². The minimum Gasteiger partial charge on any atom is -0.340 e. The summed E-state index contributed by atoms with van der Waals surface area (Å²) in [5.74, 6) is 2.24. The standard InChI is InChI=1S/C21H26N6/c1-16-5-3-8-23-21(16)25-20-11-17(7-9-22-20)18-6-4-10-27(12-18)14-19-13-26(2)15-24-19/h3,5,7-9,11,13,15,18H,4,6,10,12,14H2,1-2H3,(H,22,23,25)/t18-/m1/s1. The average molecular weight is 362 g/mol. The van der Waals surface area contributed by atoms with E-state index < -0.39 is 0 Å². The minimum atomic E-state index is 0.524. The van der Waals surface area contributed by atoms with Crippen molar-refractivity contribution in [2.45, 2.75) is 32.2 Å². The fourth-order valence-electron chi connectivity index (χ4n) is 3.76. The molecule has 1 N–H and O–H groups in total. The van der Waals surface area contributed by atoms with Crippen molar-refractivity contribution in [2.75, 3.05) is 18.4 Å². The van der Waals surface area contributed by atoms with Gasteiger partial charge in [-0.25, -0.2) is 15.0 Å². The fraction of sp³-hybridized carbons (Fsp3) is 0.381. The van der Waals surface area contributed by atoms with Gasteiger partial charge >= 0.3 is 0 Å². The van der Waals surface area contributed by atoms with Crippen LogP contribution in [0.1, 0.15) is 35.6 Å². The summed E-state index contributed by atoms with van der Waals surface area (Å²) in [6, 6.07) is 8.31. The number of nitrogens with zero attached hydrogens (tertiary/aromatic N) is 5. The lowest BCUT2D eigenvalue weighted by atomic mass is 9.91. The van der Waals surface area contributed by atoms with Crippen molar-refractivity contribution in [1.29, 1.82) is 0 Å². The van der Waals surface area contributed by atoms with E-state index >= 15 is 0 Å². The molecular weight excluding hydrogens is 336 g/mol. The molecule has 4 heterocycles. The van der Waals surface area contributed by atoms with Gasteiger partial charge in [0.05, 0.1) is 12.0 Å². The lowest BCUT2D eigenvalue weighted by molar-refractivity contribution is 0.198. The molecule has 1 atom stereocenters. The quantitative estimate of drug-likeness (QED) is 0.751. The minimum absolute atomic E-state index is 0.524. The number of aromatic nitrogens is 4. The highest BCUT2D eigenvalue weighted by Gasteiger charge is 2.22. The molecule has 1 saturated heterocycles. The average Bonchev–Trinajstić information content (AvgIpc) is 3.09. The first-order valence-electron chi connectivity index (χ1n) is 9.51. The van der Waals surface area contributed by atoms with E-state index in [0.717, 1.165) is 42.5 Å². The van der Waals surface area contributed by atoms with Gasteiger partial charge in [0.2, 0.25) is 0 Å². The SMILES string of the molecule is Cc1cccnc1Nc1cc([C@@H]2CCCN(Cc3cn(C)cn3)C2)ccn1. The summed E-state index contributed by atoms with van der Waals surface area (Å²) in [6.07, 6.45) is 10.1. The Morgan fingerprint density at radius 1 is 1.19 bits per heavy atom. The molecule has 1 aliphatic heterocycles. The third-order valence-electron chi connectivity index (χ3n) is 5.16. The Labute approximate surface area is 160 Å². The Balaban J connectivity index is 1.45. The van der Waals surface area contributed by atoms with Gasteiger partial charge in [-0.3, -0.25) is 4.90 Å². The van der Waals surface area contributed by atoms with Crippen molar-refractivity contribution in [1.82, 2.24) is 24.4 Å². The Morgan fingerprint density at radius 2 is 2.11 bits per heavy atom. The van der Waals surface area contributed by atoms with Crippen molar-refractivity contribution in [3.63, 3.8) is 0 Å². The van der Waals surface area contributed by atoms with Crippen LogP contribution >= 0.6 is 0 Å². The highest BCUT2D eigenvalue weighted by molar-refractivity contribution is 5.56. The molecule has 0 saturated carbocycles. The van der Waals surface area contributed by atoms with E-state index in [4.69, 9.17) is 0 Å². The molecule has 140 valence electrons. The first-order chi connectivity index (χ1) is 13.2. The molecule has 0 amide bonds. The summed E-state index contributed by atoms with van der Waals surface area (Å²) < 4.78 is 2.01. The van der Waals surface area contributed by atoms with Crippen molar-refractivity contribution < 1.29 is 0 Å². The van der Waals surface area contributed by atoms with Crippen LogP contribution in [-0.2, 0) is 13.6 Å². The molecule has 3 aromatic heterocycles. The molecule has 4 rings (SSSR count). The third kappa shape index (κ3) is 4.34. The van der Waals surface area contributed by atoms with Crippen molar-refractivity contribution in [3.8, 4) is 0 Å². The molecule has 6 nitrogen and oxygen atoms in total. The zero-order chi connectivity index (χ0) is 18.6. The monoisotopic (exact) mass is 362 g/mol. The van der Waals surface area contributed by atoms with Gasteiger partial charge in [0.1, 0.15) is 11.6 Å². The molecule has 0 radical (unpaired) electrons. The number of piperidine rings is 1. The van der Waals surface area contributed by atoms with Crippen LogP contribution in [0.15, 0.2) is 49.2 Å². The number of anilines is 2. The molecule has 0 unspecified atom stereocenters. The highest BCUT2D eigenvalue weighted by Crippen LogP contribution is 2.29. The van der Waals surface area contributed by atoms with E-state index in [1.54, 1.807) is 6.20 Å². The molecule has 3 aromatic rings. The second kappa shape index (κ2) is 7.88. The number of likely N-dealkylation sites (tertiary alicyclic amines) is 1. The topological polar surface area (TPSA) is 58.9 Å². The van der Waals surface area contributed by atoms with Crippen LogP contribution in [0, 0.1) is 6.92 Å². The van der Waals surface area contributed by atoms with E-state index in [1.165, 1.54) is 18.4 Å². The van der Waals surface area contributed by atoms with E-state index in [9.17, 15) is 0 Å². The Kier molecular flexibility index (Phi) is 5.16.